The van der Waals surface area contributed by atoms with Gasteiger partial charge in [0.05, 0.1) is 0 Å². The van der Waals surface area contributed by atoms with Crippen molar-refractivity contribution in [1.29, 1.82) is 0 Å². The normalized spacial score (nSPS) is 10.3. The molecule has 0 aliphatic rings. The Hall–Kier alpha value is -1.43. The summed E-state index contributed by atoms with van der Waals surface area (Å²) in [5, 5.41) is 13.6. The van der Waals surface area contributed by atoms with Gasteiger partial charge in [0.15, 0.2) is 11.0 Å². The Balaban J connectivity index is 2.41. The molecule has 2 aromatic heterocycles. The van der Waals surface area contributed by atoms with Crippen molar-refractivity contribution in [3.05, 3.63) is 11.7 Å². The molecule has 2 aromatic rings. The maximum absolute atomic E-state index is 4.32. The number of hydrogen-bond acceptors (Lipinski definition) is 5. The zero-order valence-corrected chi connectivity index (χ0v) is 8.17. The highest BCUT2D eigenvalue weighted by molar-refractivity contribution is 7.14. The number of thiazole rings is 1. The van der Waals surface area contributed by atoms with Crippen molar-refractivity contribution in [2.45, 2.75) is 0 Å². The molecule has 0 aliphatic carbocycles. The molecule has 1 N–H and O–H groups in total. The van der Waals surface area contributed by atoms with Crippen molar-refractivity contribution in [3.8, 4) is 11.5 Å². The Morgan fingerprint density at radius 1 is 1.54 bits per heavy atom. The first-order chi connectivity index (χ1) is 6.31. The van der Waals surface area contributed by atoms with E-state index in [4.69, 9.17) is 0 Å². The van der Waals surface area contributed by atoms with Crippen LogP contribution in [0.15, 0.2) is 11.7 Å². The summed E-state index contributed by atoms with van der Waals surface area (Å²) in [7, 11) is 3.74. The highest BCUT2D eigenvalue weighted by atomic mass is 32.1. The van der Waals surface area contributed by atoms with Gasteiger partial charge in [0.2, 0.25) is 0 Å². The molecule has 0 radical (unpaired) electrons. The highest BCUT2D eigenvalue weighted by Crippen LogP contribution is 2.21. The Bertz CT molecular complexity index is 404. The van der Waals surface area contributed by atoms with Gasteiger partial charge in [-0.3, -0.25) is 0 Å². The quantitative estimate of drug-likeness (QED) is 0.776. The highest BCUT2D eigenvalue weighted by Gasteiger charge is 2.07. The van der Waals surface area contributed by atoms with Crippen LogP contribution in [0, 0.1) is 0 Å². The van der Waals surface area contributed by atoms with E-state index in [9.17, 15) is 0 Å². The molecule has 0 saturated heterocycles. The number of aryl methyl sites for hydroxylation is 1. The van der Waals surface area contributed by atoms with E-state index < -0.39 is 0 Å². The summed E-state index contributed by atoms with van der Waals surface area (Å²) >= 11 is 1.55. The summed E-state index contributed by atoms with van der Waals surface area (Å²) < 4.78 is 1.84. The average Bonchev–Trinajstić information content (AvgIpc) is 2.71. The van der Waals surface area contributed by atoms with Gasteiger partial charge < -0.3 is 9.88 Å². The van der Waals surface area contributed by atoms with Crippen LogP contribution in [0.1, 0.15) is 0 Å². The van der Waals surface area contributed by atoms with E-state index in [1.807, 2.05) is 24.0 Å². The third-order valence-electron chi connectivity index (χ3n) is 1.66. The maximum atomic E-state index is 4.32. The second kappa shape index (κ2) is 3.14. The summed E-state index contributed by atoms with van der Waals surface area (Å²) in [5.41, 5.74) is 0.856. The van der Waals surface area contributed by atoms with Crippen molar-refractivity contribution in [3.63, 3.8) is 0 Å². The molecule has 68 valence electrons. The van der Waals surface area contributed by atoms with Crippen molar-refractivity contribution >= 4 is 16.5 Å². The molecule has 0 bridgehead atoms. The summed E-state index contributed by atoms with van der Waals surface area (Å²) in [6.45, 7) is 0. The van der Waals surface area contributed by atoms with Gasteiger partial charge in [-0.2, -0.15) is 0 Å². The monoisotopic (exact) mass is 195 g/mol. The lowest BCUT2D eigenvalue weighted by Crippen LogP contribution is -1.92. The number of aromatic nitrogens is 4. The van der Waals surface area contributed by atoms with Gasteiger partial charge in [0.1, 0.15) is 12.0 Å². The predicted octanol–water partition coefficient (Wildman–Crippen LogP) is 0.980. The van der Waals surface area contributed by atoms with E-state index in [1.54, 1.807) is 17.7 Å². The molecule has 0 atom stereocenters. The molecule has 5 nitrogen and oxygen atoms in total. The average molecular weight is 195 g/mol. The van der Waals surface area contributed by atoms with Gasteiger partial charge >= 0.3 is 0 Å². The summed E-state index contributed by atoms with van der Waals surface area (Å²) in [6, 6.07) is 0. The van der Waals surface area contributed by atoms with E-state index in [0.29, 0.717) is 0 Å². The van der Waals surface area contributed by atoms with Crippen molar-refractivity contribution in [2.24, 2.45) is 7.05 Å². The number of nitrogens with zero attached hydrogens (tertiary/aromatic N) is 4. The molecule has 0 amide bonds. The third-order valence-corrected chi connectivity index (χ3v) is 2.52. The van der Waals surface area contributed by atoms with Gasteiger partial charge in [-0.05, 0) is 0 Å². The molecule has 0 saturated carbocycles. The smallest absolute Gasteiger partial charge is 0.183 e. The summed E-state index contributed by atoms with van der Waals surface area (Å²) in [4.78, 5) is 4.32. The summed E-state index contributed by atoms with van der Waals surface area (Å²) in [6.07, 6.45) is 1.66. The van der Waals surface area contributed by atoms with Crippen LogP contribution in [0.4, 0.5) is 5.13 Å². The molecule has 0 aliphatic heterocycles. The van der Waals surface area contributed by atoms with Crippen LogP contribution >= 0.6 is 11.3 Å². The topological polar surface area (TPSA) is 55.6 Å². The van der Waals surface area contributed by atoms with Crippen molar-refractivity contribution in [1.82, 2.24) is 19.7 Å². The first-order valence-electron chi connectivity index (χ1n) is 3.79. The fraction of sp³-hybridized carbons (Fsp3) is 0.286. The van der Waals surface area contributed by atoms with E-state index in [-0.39, 0.29) is 0 Å². The van der Waals surface area contributed by atoms with Gasteiger partial charge in [-0.15, -0.1) is 21.5 Å². The first-order valence-corrected chi connectivity index (χ1v) is 4.67. The number of nitrogens with one attached hydrogen (secondary N) is 1. The van der Waals surface area contributed by atoms with E-state index in [2.05, 4.69) is 20.5 Å². The van der Waals surface area contributed by atoms with E-state index in [0.717, 1.165) is 16.6 Å². The lowest BCUT2D eigenvalue weighted by molar-refractivity contribution is 0.915. The van der Waals surface area contributed by atoms with Crippen LogP contribution in [-0.2, 0) is 7.05 Å². The molecule has 13 heavy (non-hydrogen) atoms. The SMILES string of the molecule is CNc1nc(-c2nncn2C)cs1. The predicted molar refractivity (Wildman–Crippen MR) is 51.7 cm³/mol. The van der Waals surface area contributed by atoms with Gasteiger partial charge in [0.25, 0.3) is 0 Å². The van der Waals surface area contributed by atoms with E-state index in [1.165, 1.54) is 0 Å². The van der Waals surface area contributed by atoms with Gasteiger partial charge in [-0.25, -0.2) is 4.98 Å². The third kappa shape index (κ3) is 1.40. The van der Waals surface area contributed by atoms with Crippen molar-refractivity contribution < 1.29 is 0 Å². The second-order valence-corrected chi connectivity index (χ2v) is 3.41. The summed E-state index contributed by atoms with van der Waals surface area (Å²) in [5.74, 6) is 0.790. The Kier molecular flexibility index (Phi) is 1.97. The number of anilines is 1. The molecule has 0 fully saturated rings. The zero-order chi connectivity index (χ0) is 9.26. The van der Waals surface area contributed by atoms with Gasteiger partial charge in [-0.1, -0.05) is 0 Å². The molecular formula is C7H9N5S. The van der Waals surface area contributed by atoms with Crippen LogP contribution in [0.2, 0.25) is 0 Å². The number of hydrogen-bond donors (Lipinski definition) is 1. The van der Waals surface area contributed by atoms with Crippen LogP contribution in [0.25, 0.3) is 11.5 Å². The molecule has 0 unspecified atom stereocenters. The minimum atomic E-state index is 0.790. The first kappa shape index (κ1) is 8.18. The Morgan fingerprint density at radius 2 is 2.38 bits per heavy atom. The van der Waals surface area contributed by atoms with Crippen LogP contribution in [0.5, 0.6) is 0 Å². The standard InChI is InChI=1S/C7H9N5S/c1-8-7-10-5(3-13-7)6-11-9-4-12(6)2/h3-4H,1-2H3,(H,8,10). The molecule has 6 heteroatoms. The maximum Gasteiger partial charge on any atom is 0.183 e. The minimum absolute atomic E-state index is 0.790. The van der Waals surface area contributed by atoms with Crippen LogP contribution in [0.3, 0.4) is 0 Å². The molecule has 0 aromatic carbocycles. The fourth-order valence-corrected chi connectivity index (χ4v) is 1.66. The zero-order valence-electron chi connectivity index (χ0n) is 7.35. The molecular weight excluding hydrogens is 186 g/mol. The van der Waals surface area contributed by atoms with Crippen molar-refractivity contribution in [2.75, 3.05) is 12.4 Å². The van der Waals surface area contributed by atoms with Crippen LogP contribution < -0.4 is 5.32 Å². The van der Waals surface area contributed by atoms with Gasteiger partial charge in [0, 0.05) is 19.5 Å². The lowest BCUT2D eigenvalue weighted by atomic mass is 10.5. The fourth-order valence-electron chi connectivity index (χ4n) is 1.01. The van der Waals surface area contributed by atoms with E-state index >= 15 is 0 Å². The molecule has 2 rings (SSSR count). The Morgan fingerprint density at radius 3 is 2.92 bits per heavy atom. The molecule has 2 heterocycles. The second-order valence-electron chi connectivity index (χ2n) is 2.55. The lowest BCUT2D eigenvalue weighted by Gasteiger charge is -1.93. The number of rotatable bonds is 2. The Labute approximate surface area is 79.5 Å². The van der Waals surface area contributed by atoms with Crippen LogP contribution in [-0.4, -0.2) is 26.8 Å². The molecule has 0 spiro atoms. The minimum Gasteiger partial charge on any atom is -0.365 e. The largest absolute Gasteiger partial charge is 0.365 e.